The predicted molar refractivity (Wildman–Crippen MR) is 146 cm³/mol. The van der Waals surface area contributed by atoms with Gasteiger partial charge in [0.15, 0.2) is 0 Å². The number of aliphatic carboxylic acids is 1. The third-order valence-corrected chi connectivity index (χ3v) is 9.99. The van der Waals surface area contributed by atoms with E-state index >= 15 is 0 Å². The molecule has 208 valence electrons. The first-order valence-electron chi connectivity index (χ1n) is 12.4. The molecule has 0 spiro atoms. The number of carboxylic acids is 1. The summed E-state index contributed by atoms with van der Waals surface area (Å²) in [7, 11) is -2.06. The van der Waals surface area contributed by atoms with Crippen LogP contribution in [0.1, 0.15) is 56.7 Å². The van der Waals surface area contributed by atoms with Gasteiger partial charge in [-0.15, -0.1) is 0 Å². The Labute approximate surface area is 233 Å². The SMILES string of the molecule is CCS(=O)(=O)N(C)C(c1ccc(Cl)cc1)C(C)C(C)[C@@H]1NC(=O)[C@@H](CC(=O)O)C[C@@H]1c1cc(F)cc(Cl)c1. The van der Waals surface area contributed by atoms with Gasteiger partial charge in [0.1, 0.15) is 5.82 Å². The van der Waals surface area contributed by atoms with Crippen LogP contribution in [0.2, 0.25) is 10.0 Å². The number of carboxylic acid groups (broad SMARTS) is 1. The highest BCUT2D eigenvalue weighted by Crippen LogP contribution is 2.43. The Bertz CT molecular complexity index is 1250. The number of nitrogens with zero attached hydrogens (tertiary/aromatic N) is 1. The van der Waals surface area contributed by atoms with Gasteiger partial charge in [-0.3, -0.25) is 9.59 Å². The summed E-state index contributed by atoms with van der Waals surface area (Å²) >= 11 is 12.2. The minimum Gasteiger partial charge on any atom is -0.481 e. The second-order valence-corrected chi connectivity index (χ2v) is 13.2. The van der Waals surface area contributed by atoms with Crippen LogP contribution in [0.3, 0.4) is 0 Å². The van der Waals surface area contributed by atoms with Crippen molar-refractivity contribution in [3.8, 4) is 0 Å². The van der Waals surface area contributed by atoms with Gasteiger partial charge in [-0.1, -0.05) is 49.2 Å². The molecule has 11 heteroatoms. The third-order valence-electron chi connectivity index (χ3n) is 7.69. The van der Waals surface area contributed by atoms with Crippen LogP contribution in [0.15, 0.2) is 42.5 Å². The van der Waals surface area contributed by atoms with Crippen LogP contribution in [0.4, 0.5) is 4.39 Å². The highest BCUT2D eigenvalue weighted by atomic mass is 35.5. The predicted octanol–water partition coefficient (Wildman–Crippen LogP) is 5.49. The maximum absolute atomic E-state index is 14.4. The van der Waals surface area contributed by atoms with Gasteiger partial charge in [-0.05, 0) is 66.6 Å². The van der Waals surface area contributed by atoms with Crippen LogP contribution in [0.25, 0.3) is 0 Å². The molecular formula is C27H33Cl2FN2O5S. The number of sulfonamides is 1. The summed E-state index contributed by atoms with van der Waals surface area (Å²) in [6.07, 6.45) is -0.165. The number of nitrogens with one attached hydrogen (secondary N) is 1. The molecule has 1 amide bonds. The lowest BCUT2D eigenvalue weighted by molar-refractivity contribution is -0.142. The normalized spacial score (nSPS) is 22.5. The molecular weight excluding hydrogens is 554 g/mol. The highest BCUT2D eigenvalue weighted by Gasteiger charge is 2.44. The monoisotopic (exact) mass is 586 g/mol. The first kappa shape index (κ1) is 30.3. The second-order valence-electron chi connectivity index (χ2n) is 10.0. The fraction of sp³-hybridized carbons (Fsp3) is 0.481. The average molecular weight is 588 g/mol. The molecule has 7 nitrogen and oxygen atoms in total. The van der Waals surface area contributed by atoms with Gasteiger partial charge in [-0.2, -0.15) is 4.31 Å². The van der Waals surface area contributed by atoms with Crippen LogP contribution < -0.4 is 5.32 Å². The Kier molecular flexibility index (Phi) is 9.84. The molecule has 6 atom stereocenters. The van der Waals surface area contributed by atoms with Crippen LogP contribution >= 0.6 is 23.2 Å². The van der Waals surface area contributed by atoms with E-state index in [1.54, 1.807) is 37.3 Å². The molecule has 2 aromatic carbocycles. The first-order valence-corrected chi connectivity index (χ1v) is 14.8. The first-order chi connectivity index (χ1) is 17.7. The highest BCUT2D eigenvalue weighted by molar-refractivity contribution is 7.89. The molecule has 0 aliphatic carbocycles. The number of hydrogen-bond acceptors (Lipinski definition) is 4. The third kappa shape index (κ3) is 6.86. The van der Waals surface area contributed by atoms with Crippen LogP contribution in [-0.2, 0) is 19.6 Å². The molecule has 1 saturated heterocycles. The Balaban J connectivity index is 2.06. The number of piperidine rings is 1. The van der Waals surface area contributed by atoms with E-state index in [9.17, 15) is 27.5 Å². The summed E-state index contributed by atoms with van der Waals surface area (Å²) in [5, 5.41) is 13.0. The van der Waals surface area contributed by atoms with E-state index in [2.05, 4.69) is 5.32 Å². The smallest absolute Gasteiger partial charge is 0.304 e. The van der Waals surface area contributed by atoms with Gasteiger partial charge in [-0.25, -0.2) is 12.8 Å². The summed E-state index contributed by atoms with van der Waals surface area (Å²) in [6, 6.07) is 10.00. The van der Waals surface area contributed by atoms with Crippen molar-refractivity contribution in [1.82, 2.24) is 9.62 Å². The maximum atomic E-state index is 14.4. The van der Waals surface area contributed by atoms with E-state index in [0.717, 1.165) is 5.56 Å². The lowest BCUT2D eigenvalue weighted by Crippen LogP contribution is -2.54. The van der Waals surface area contributed by atoms with Crippen molar-refractivity contribution in [2.45, 2.75) is 51.6 Å². The van der Waals surface area contributed by atoms with Gasteiger partial charge in [0.2, 0.25) is 15.9 Å². The topological polar surface area (TPSA) is 104 Å². The van der Waals surface area contributed by atoms with Gasteiger partial charge in [0.25, 0.3) is 0 Å². The van der Waals surface area contributed by atoms with E-state index in [4.69, 9.17) is 23.2 Å². The molecule has 0 saturated carbocycles. The molecule has 1 aliphatic heterocycles. The molecule has 2 N–H and O–H groups in total. The Morgan fingerprint density at radius 1 is 1.16 bits per heavy atom. The summed E-state index contributed by atoms with van der Waals surface area (Å²) in [5.74, 6) is -4.00. The Morgan fingerprint density at radius 2 is 1.79 bits per heavy atom. The van der Waals surface area contributed by atoms with E-state index < -0.39 is 51.6 Å². The Morgan fingerprint density at radius 3 is 2.34 bits per heavy atom. The molecule has 38 heavy (non-hydrogen) atoms. The summed E-state index contributed by atoms with van der Waals surface area (Å²) in [4.78, 5) is 24.4. The van der Waals surface area contributed by atoms with E-state index in [-0.39, 0.29) is 35.5 Å². The zero-order chi connectivity index (χ0) is 28.4. The summed E-state index contributed by atoms with van der Waals surface area (Å²) in [5.41, 5.74) is 1.29. The Hall–Kier alpha value is -2.20. The van der Waals surface area contributed by atoms with Crippen molar-refractivity contribution in [2.75, 3.05) is 12.8 Å². The summed E-state index contributed by atoms with van der Waals surface area (Å²) < 4.78 is 41.6. The zero-order valence-electron chi connectivity index (χ0n) is 21.7. The molecule has 2 aromatic rings. The van der Waals surface area contributed by atoms with Gasteiger partial charge in [0, 0.05) is 35.0 Å². The van der Waals surface area contributed by atoms with E-state index in [1.165, 1.54) is 23.5 Å². The fourth-order valence-corrected chi connectivity index (χ4v) is 6.88. The van der Waals surface area contributed by atoms with Crippen molar-refractivity contribution in [2.24, 2.45) is 17.8 Å². The minimum absolute atomic E-state index is 0.0872. The van der Waals surface area contributed by atoms with Gasteiger partial charge >= 0.3 is 5.97 Å². The number of carbonyl (C=O) groups is 2. The van der Waals surface area contributed by atoms with Gasteiger partial charge < -0.3 is 10.4 Å². The number of benzene rings is 2. The maximum Gasteiger partial charge on any atom is 0.304 e. The number of amides is 1. The summed E-state index contributed by atoms with van der Waals surface area (Å²) in [6.45, 7) is 5.40. The van der Waals surface area contributed by atoms with E-state index in [1.807, 2.05) is 13.8 Å². The van der Waals surface area contributed by atoms with Crippen molar-refractivity contribution < 1.29 is 27.5 Å². The molecule has 3 rings (SSSR count). The molecule has 0 aromatic heterocycles. The molecule has 1 aliphatic rings. The van der Waals surface area contributed by atoms with Crippen LogP contribution in [-0.4, -0.2) is 48.5 Å². The molecule has 0 bridgehead atoms. The number of carbonyl (C=O) groups excluding carboxylic acids is 1. The van der Waals surface area contributed by atoms with Crippen molar-refractivity contribution in [3.05, 3.63) is 69.5 Å². The van der Waals surface area contributed by atoms with Gasteiger partial charge in [0.05, 0.1) is 18.2 Å². The number of rotatable bonds is 10. The van der Waals surface area contributed by atoms with Crippen molar-refractivity contribution >= 4 is 45.1 Å². The van der Waals surface area contributed by atoms with Crippen LogP contribution in [0.5, 0.6) is 0 Å². The van der Waals surface area contributed by atoms with E-state index in [0.29, 0.717) is 10.6 Å². The number of hydrogen-bond donors (Lipinski definition) is 2. The zero-order valence-corrected chi connectivity index (χ0v) is 24.0. The molecule has 1 heterocycles. The minimum atomic E-state index is -3.59. The largest absolute Gasteiger partial charge is 0.481 e. The van der Waals surface area contributed by atoms with Crippen LogP contribution in [0, 0.1) is 23.6 Å². The molecule has 0 radical (unpaired) electrons. The average Bonchev–Trinajstić information content (AvgIpc) is 2.84. The lowest BCUT2D eigenvalue weighted by Gasteiger charge is -2.44. The lowest BCUT2D eigenvalue weighted by atomic mass is 9.70. The fourth-order valence-electron chi connectivity index (χ4n) is 5.46. The van der Waals surface area contributed by atoms with Crippen molar-refractivity contribution in [1.29, 1.82) is 0 Å². The molecule has 1 fully saturated rings. The molecule has 3 unspecified atom stereocenters. The second kappa shape index (κ2) is 12.3. The number of halogens is 3. The standard InChI is InChI=1S/C27H33Cl2FN2O5S/c1-5-38(36,37)32(4)26(17-6-8-20(28)9-7-17)16(3)15(2)25-23(18-10-21(29)14-22(30)11-18)12-19(13-24(33)34)27(35)31-25/h6-11,14-16,19,23,25-26H,5,12-13H2,1-4H3,(H,31,35)(H,33,34)/t15?,16?,19-,23-,25+,26?/m1/s1. The quantitative estimate of drug-likeness (QED) is 0.383. The van der Waals surface area contributed by atoms with Crippen molar-refractivity contribution in [3.63, 3.8) is 0 Å².